The molecule has 0 aliphatic carbocycles. The van der Waals surface area contributed by atoms with Gasteiger partial charge in [-0.05, 0) is 36.2 Å². The summed E-state index contributed by atoms with van der Waals surface area (Å²) >= 11 is 5.95. The smallest absolute Gasteiger partial charge is 0.271 e. The highest BCUT2D eigenvalue weighted by Crippen LogP contribution is 2.15. The molecule has 0 atom stereocenters. The predicted molar refractivity (Wildman–Crippen MR) is 81.0 cm³/mol. The fourth-order valence-corrected chi connectivity index (χ4v) is 2.14. The van der Waals surface area contributed by atoms with Gasteiger partial charge < -0.3 is 5.32 Å². The molecular weight excluding hydrogens is 300 g/mol. The molecule has 1 heterocycles. The molecule has 0 fully saturated rings. The van der Waals surface area contributed by atoms with Crippen molar-refractivity contribution in [2.24, 2.45) is 0 Å². The summed E-state index contributed by atoms with van der Waals surface area (Å²) in [6, 6.07) is 10.6. The molecule has 108 valence electrons. The Balaban J connectivity index is 2.11. The summed E-state index contributed by atoms with van der Waals surface area (Å²) < 4.78 is 0. The Bertz CT molecular complexity index is 818. The van der Waals surface area contributed by atoms with E-state index in [1.807, 2.05) is 13.0 Å². The minimum absolute atomic E-state index is 0.0759. The SMILES string of the molecule is Cc1cc(C#N)ccc1CNC(=O)c1ncc(C#N)cc1Cl. The van der Waals surface area contributed by atoms with Crippen LogP contribution in [0.2, 0.25) is 5.02 Å². The first kappa shape index (κ1) is 15.5. The van der Waals surface area contributed by atoms with E-state index in [9.17, 15) is 4.79 Å². The van der Waals surface area contributed by atoms with Crippen molar-refractivity contribution in [3.8, 4) is 12.1 Å². The van der Waals surface area contributed by atoms with Gasteiger partial charge in [-0.25, -0.2) is 4.98 Å². The third kappa shape index (κ3) is 3.41. The first-order valence-corrected chi connectivity index (χ1v) is 6.76. The number of pyridine rings is 1. The van der Waals surface area contributed by atoms with Crippen LogP contribution in [0.1, 0.15) is 32.7 Å². The van der Waals surface area contributed by atoms with E-state index in [1.54, 1.807) is 18.2 Å². The van der Waals surface area contributed by atoms with Crippen LogP contribution < -0.4 is 5.32 Å². The van der Waals surface area contributed by atoms with Gasteiger partial charge in [0.15, 0.2) is 0 Å². The zero-order chi connectivity index (χ0) is 16.1. The van der Waals surface area contributed by atoms with Gasteiger partial charge in [-0.2, -0.15) is 10.5 Å². The maximum atomic E-state index is 12.1. The second-order valence-electron chi connectivity index (χ2n) is 4.60. The number of aryl methyl sites for hydroxylation is 1. The molecule has 0 saturated heterocycles. The van der Waals surface area contributed by atoms with Crippen molar-refractivity contribution < 1.29 is 4.79 Å². The molecule has 5 nitrogen and oxygen atoms in total. The minimum Gasteiger partial charge on any atom is -0.347 e. The summed E-state index contributed by atoms with van der Waals surface area (Å²) in [6.07, 6.45) is 1.30. The van der Waals surface area contributed by atoms with Gasteiger partial charge >= 0.3 is 0 Å². The largest absolute Gasteiger partial charge is 0.347 e. The number of rotatable bonds is 3. The number of nitrogens with zero attached hydrogens (tertiary/aromatic N) is 3. The molecule has 0 saturated carbocycles. The topological polar surface area (TPSA) is 89.6 Å². The van der Waals surface area contributed by atoms with Crippen LogP contribution in [0.25, 0.3) is 0 Å². The summed E-state index contributed by atoms with van der Waals surface area (Å²) in [5, 5.41) is 20.4. The van der Waals surface area contributed by atoms with Gasteiger partial charge in [0.25, 0.3) is 5.91 Å². The molecule has 1 aromatic heterocycles. The first-order valence-electron chi connectivity index (χ1n) is 6.38. The van der Waals surface area contributed by atoms with Crippen molar-refractivity contribution >= 4 is 17.5 Å². The van der Waals surface area contributed by atoms with Crippen molar-refractivity contribution in [3.05, 3.63) is 63.4 Å². The molecule has 0 aliphatic rings. The molecule has 0 radical (unpaired) electrons. The standard InChI is InChI=1S/C16H11ClN4O/c1-10-4-11(6-18)2-3-13(10)9-21-16(22)15-14(17)5-12(7-19)8-20-15/h2-5,8H,9H2,1H3,(H,21,22). The van der Waals surface area contributed by atoms with Gasteiger partial charge in [-0.15, -0.1) is 0 Å². The zero-order valence-electron chi connectivity index (χ0n) is 11.7. The molecular formula is C16H11ClN4O. The lowest BCUT2D eigenvalue weighted by atomic mass is 10.1. The van der Waals surface area contributed by atoms with Crippen molar-refractivity contribution in [3.63, 3.8) is 0 Å². The summed E-state index contributed by atoms with van der Waals surface area (Å²) in [5.74, 6) is -0.418. The Hall–Kier alpha value is -2.89. The van der Waals surface area contributed by atoms with Crippen LogP contribution >= 0.6 is 11.6 Å². The fourth-order valence-electron chi connectivity index (χ4n) is 1.89. The van der Waals surface area contributed by atoms with Crippen molar-refractivity contribution in [1.29, 1.82) is 10.5 Å². The molecule has 22 heavy (non-hydrogen) atoms. The lowest BCUT2D eigenvalue weighted by Crippen LogP contribution is -2.24. The summed E-state index contributed by atoms with van der Waals surface area (Å²) in [7, 11) is 0. The lowest BCUT2D eigenvalue weighted by Gasteiger charge is -2.09. The minimum atomic E-state index is -0.418. The van der Waals surface area contributed by atoms with Crippen LogP contribution in [-0.4, -0.2) is 10.9 Å². The fraction of sp³-hybridized carbons (Fsp3) is 0.125. The molecule has 0 bridgehead atoms. The number of hydrogen-bond acceptors (Lipinski definition) is 4. The number of halogens is 1. The quantitative estimate of drug-likeness (QED) is 0.943. The molecule has 1 amide bonds. The summed E-state index contributed by atoms with van der Waals surface area (Å²) in [5.41, 5.74) is 2.76. The Morgan fingerprint density at radius 2 is 2.00 bits per heavy atom. The first-order chi connectivity index (χ1) is 10.5. The Morgan fingerprint density at radius 3 is 2.59 bits per heavy atom. The normalized spacial score (nSPS) is 9.64. The number of aromatic nitrogens is 1. The van der Waals surface area contributed by atoms with Gasteiger partial charge in [-0.3, -0.25) is 4.79 Å². The van der Waals surface area contributed by atoms with Gasteiger partial charge in [0, 0.05) is 12.7 Å². The second kappa shape index (κ2) is 6.71. The van der Waals surface area contributed by atoms with Crippen LogP contribution in [-0.2, 0) is 6.54 Å². The number of nitrogens with one attached hydrogen (secondary N) is 1. The summed E-state index contributed by atoms with van der Waals surface area (Å²) in [6.45, 7) is 2.17. The van der Waals surface area contributed by atoms with E-state index in [4.69, 9.17) is 22.1 Å². The van der Waals surface area contributed by atoms with E-state index in [1.165, 1.54) is 12.3 Å². The highest BCUT2D eigenvalue weighted by Gasteiger charge is 2.13. The average molecular weight is 311 g/mol. The molecule has 2 aromatic rings. The second-order valence-corrected chi connectivity index (χ2v) is 5.01. The molecule has 1 aromatic carbocycles. The van der Waals surface area contributed by atoms with E-state index < -0.39 is 5.91 Å². The highest BCUT2D eigenvalue weighted by atomic mass is 35.5. The van der Waals surface area contributed by atoms with E-state index >= 15 is 0 Å². The number of amides is 1. The summed E-state index contributed by atoms with van der Waals surface area (Å²) in [4.78, 5) is 16.0. The molecule has 1 N–H and O–H groups in total. The zero-order valence-corrected chi connectivity index (χ0v) is 12.5. The van der Waals surface area contributed by atoms with Gasteiger partial charge in [0.05, 0.1) is 22.2 Å². The van der Waals surface area contributed by atoms with Crippen LogP contribution in [0.5, 0.6) is 0 Å². The third-order valence-corrected chi connectivity index (χ3v) is 3.38. The molecule has 2 rings (SSSR count). The van der Waals surface area contributed by atoms with Gasteiger partial charge in [0.1, 0.15) is 11.8 Å². The van der Waals surface area contributed by atoms with Crippen LogP contribution in [0.15, 0.2) is 30.5 Å². The van der Waals surface area contributed by atoms with Crippen molar-refractivity contribution in [2.75, 3.05) is 0 Å². The number of hydrogen-bond donors (Lipinski definition) is 1. The van der Waals surface area contributed by atoms with E-state index in [0.29, 0.717) is 17.7 Å². The predicted octanol–water partition coefficient (Wildman–Crippen LogP) is 2.72. The van der Waals surface area contributed by atoms with Crippen LogP contribution in [0, 0.1) is 29.6 Å². The van der Waals surface area contributed by atoms with Crippen molar-refractivity contribution in [1.82, 2.24) is 10.3 Å². The molecule has 6 heteroatoms. The van der Waals surface area contributed by atoms with Gasteiger partial charge in [-0.1, -0.05) is 17.7 Å². The van der Waals surface area contributed by atoms with Crippen molar-refractivity contribution in [2.45, 2.75) is 13.5 Å². The Morgan fingerprint density at radius 1 is 1.27 bits per heavy atom. The Labute approximate surface area is 132 Å². The lowest BCUT2D eigenvalue weighted by molar-refractivity contribution is 0.0946. The maximum Gasteiger partial charge on any atom is 0.271 e. The monoisotopic (exact) mass is 310 g/mol. The Kier molecular flexibility index (Phi) is 4.73. The number of carbonyl (C=O) groups excluding carboxylic acids is 1. The average Bonchev–Trinajstić information content (AvgIpc) is 2.53. The van der Waals surface area contributed by atoms with E-state index in [0.717, 1.165) is 11.1 Å². The third-order valence-electron chi connectivity index (χ3n) is 3.10. The number of benzene rings is 1. The molecule has 0 aliphatic heterocycles. The number of nitriles is 2. The maximum absolute atomic E-state index is 12.1. The van der Waals surface area contributed by atoms with Crippen LogP contribution in [0.4, 0.5) is 0 Å². The molecule has 0 unspecified atom stereocenters. The highest BCUT2D eigenvalue weighted by molar-refractivity contribution is 6.33. The van der Waals surface area contributed by atoms with E-state index in [-0.39, 0.29) is 10.7 Å². The van der Waals surface area contributed by atoms with E-state index in [2.05, 4.69) is 16.4 Å². The van der Waals surface area contributed by atoms with Gasteiger partial charge in [0.2, 0.25) is 0 Å². The molecule has 0 spiro atoms. The number of carbonyl (C=O) groups is 1. The van der Waals surface area contributed by atoms with Crippen LogP contribution in [0.3, 0.4) is 0 Å².